The van der Waals surface area contributed by atoms with Crippen LogP contribution in [0.25, 0.3) is 11.1 Å². The van der Waals surface area contributed by atoms with Crippen LogP contribution in [-0.2, 0) is 11.3 Å². The average molecular weight is 336 g/mol. The lowest BCUT2D eigenvalue weighted by atomic mass is 10.0. The van der Waals surface area contributed by atoms with Crippen LogP contribution in [0.4, 0.5) is 4.39 Å². The Kier molecular flexibility index (Phi) is 5.09. The Balaban J connectivity index is 1.64. The summed E-state index contributed by atoms with van der Waals surface area (Å²) in [6, 6.07) is 21.7. The molecule has 3 aromatic rings. The van der Waals surface area contributed by atoms with Crippen molar-refractivity contribution in [1.29, 1.82) is 0 Å². The van der Waals surface area contributed by atoms with Crippen molar-refractivity contribution in [1.82, 2.24) is 0 Å². The van der Waals surface area contributed by atoms with Crippen LogP contribution in [0, 0.1) is 5.82 Å². The Bertz CT molecular complexity index is 858. The summed E-state index contributed by atoms with van der Waals surface area (Å²) >= 11 is 0. The van der Waals surface area contributed by atoms with E-state index in [0.717, 1.165) is 22.8 Å². The second-order valence-electron chi connectivity index (χ2n) is 5.48. The van der Waals surface area contributed by atoms with E-state index in [-0.39, 0.29) is 12.2 Å². The smallest absolute Gasteiger partial charge is 0.341 e. The van der Waals surface area contributed by atoms with Gasteiger partial charge in [0.1, 0.15) is 18.2 Å². The number of methoxy groups -OCH3 is 1. The number of ether oxygens (including phenoxy) is 2. The first-order valence-electron chi connectivity index (χ1n) is 7.82. The molecule has 0 saturated heterocycles. The highest BCUT2D eigenvalue weighted by Gasteiger charge is 2.14. The normalized spacial score (nSPS) is 10.3. The van der Waals surface area contributed by atoms with Gasteiger partial charge in [0.05, 0.1) is 12.7 Å². The lowest BCUT2D eigenvalue weighted by Crippen LogP contribution is -2.07. The Hall–Kier alpha value is -3.14. The van der Waals surface area contributed by atoms with E-state index in [0.29, 0.717) is 5.75 Å². The maximum atomic E-state index is 13.9. The van der Waals surface area contributed by atoms with Crippen molar-refractivity contribution < 1.29 is 18.7 Å². The van der Waals surface area contributed by atoms with E-state index in [2.05, 4.69) is 0 Å². The van der Waals surface area contributed by atoms with E-state index in [9.17, 15) is 9.18 Å². The minimum atomic E-state index is -0.702. The van der Waals surface area contributed by atoms with Crippen molar-refractivity contribution in [2.75, 3.05) is 7.11 Å². The minimum absolute atomic E-state index is 0.0827. The summed E-state index contributed by atoms with van der Waals surface area (Å²) in [4.78, 5) is 12.0. The first-order chi connectivity index (χ1) is 12.2. The molecule has 4 heteroatoms. The molecule has 0 unspecified atom stereocenters. The van der Waals surface area contributed by atoms with Crippen LogP contribution in [0.2, 0.25) is 0 Å². The molecule has 3 rings (SSSR count). The van der Waals surface area contributed by atoms with Crippen molar-refractivity contribution in [3.8, 4) is 16.9 Å². The summed E-state index contributed by atoms with van der Waals surface area (Å²) in [5.41, 5.74) is 2.92. The van der Waals surface area contributed by atoms with E-state index in [1.54, 1.807) is 0 Å². The third-order valence-corrected chi connectivity index (χ3v) is 3.83. The van der Waals surface area contributed by atoms with E-state index in [1.807, 2.05) is 54.6 Å². The first kappa shape index (κ1) is 16.7. The predicted octanol–water partition coefficient (Wildman–Crippen LogP) is 4.86. The molecule has 0 atom stereocenters. The molecule has 0 radical (unpaired) electrons. The molecule has 0 heterocycles. The highest BCUT2D eigenvalue weighted by atomic mass is 19.1. The van der Waals surface area contributed by atoms with Gasteiger partial charge in [-0.25, -0.2) is 9.18 Å². The molecule has 25 heavy (non-hydrogen) atoms. The van der Waals surface area contributed by atoms with Gasteiger partial charge in [0.2, 0.25) is 0 Å². The van der Waals surface area contributed by atoms with Gasteiger partial charge in [0.25, 0.3) is 0 Å². The quantitative estimate of drug-likeness (QED) is 0.624. The van der Waals surface area contributed by atoms with Crippen molar-refractivity contribution in [2.24, 2.45) is 0 Å². The molecular weight excluding hydrogens is 319 g/mol. The molecule has 0 aliphatic carbocycles. The number of hydrogen-bond acceptors (Lipinski definition) is 3. The summed E-state index contributed by atoms with van der Waals surface area (Å²) in [5.74, 6) is -1.01. The summed E-state index contributed by atoms with van der Waals surface area (Å²) < 4.78 is 24.0. The van der Waals surface area contributed by atoms with Gasteiger partial charge in [-0.3, -0.25) is 0 Å². The largest absolute Gasteiger partial charge is 0.497 e. The highest BCUT2D eigenvalue weighted by Crippen LogP contribution is 2.20. The van der Waals surface area contributed by atoms with Crippen molar-refractivity contribution >= 4 is 5.97 Å². The second-order valence-corrected chi connectivity index (χ2v) is 5.48. The van der Waals surface area contributed by atoms with E-state index in [4.69, 9.17) is 9.47 Å². The van der Waals surface area contributed by atoms with Gasteiger partial charge in [0.15, 0.2) is 0 Å². The maximum absolute atomic E-state index is 13.9. The summed E-state index contributed by atoms with van der Waals surface area (Å²) in [5, 5.41) is 0. The van der Waals surface area contributed by atoms with Gasteiger partial charge in [-0.1, -0.05) is 54.6 Å². The summed E-state index contributed by atoms with van der Waals surface area (Å²) in [6.07, 6.45) is 0. The van der Waals surface area contributed by atoms with Gasteiger partial charge < -0.3 is 9.47 Å². The number of hydrogen-bond donors (Lipinski definition) is 0. The molecule has 0 saturated carbocycles. The summed E-state index contributed by atoms with van der Waals surface area (Å²) in [6.45, 7) is 0.0827. The van der Waals surface area contributed by atoms with Crippen LogP contribution >= 0.6 is 0 Å². The molecule has 0 bridgehead atoms. The van der Waals surface area contributed by atoms with Crippen LogP contribution < -0.4 is 4.74 Å². The molecule has 3 nitrogen and oxygen atoms in total. The molecule has 0 spiro atoms. The lowest BCUT2D eigenvalue weighted by Gasteiger charge is -2.08. The molecule has 0 amide bonds. The SMILES string of the molecule is COc1ccc(C(=O)OCc2ccc(-c3ccccc3)cc2)c(F)c1. The number of halogens is 1. The third-order valence-electron chi connectivity index (χ3n) is 3.83. The standard InChI is InChI=1S/C21H17FO3/c1-24-18-11-12-19(20(22)13-18)21(23)25-14-15-7-9-17(10-8-15)16-5-3-2-4-6-16/h2-13H,14H2,1H3. The van der Waals surface area contributed by atoms with Crippen LogP contribution in [0.1, 0.15) is 15.9 Å². The van der Waals surface area contributed by atoms with E-state index >= 15 is 0 Å². The van der Waals surface area contributed by atoms with Crippen molar-refractivity contribution in [3.63, 3.8) is 0 Å². The topological polar surface area (TPSA) is 35.5 Å². The van der Waals surface area contributed by atoms with Gasteiger partial charge in [0, 0.05) is 6.07 Å². The average Bonchev–Trinajstić information content (AvgIpc) is 2.67. The number of carbonyl (C=O) groups excluding carboxylic acids is 1. The predicted molar refractivity (Wildman–Crippen MR) is 93.9 cm³/mol. The highest BCUT2D eigenvalue weighted by molar-refractivity contribution is 5.89. The number of rotatable bonds is 5. The minimum Gasteiger partial charge on any atom is -0.497 e. The van der Waals surface area contributed by atoms with E-state index < -0.39 is 11.8 Å². The number of esters is 1. The summed E-state index contributed by atoms with van der Waals surface area (Å²) in [7, 11) is 1.44. The maximum Gasteiger partial charge on any atom is 0.341 e. The van der Waals surface area contributed by atoms with Crippen LogP contribution in [-0.4, -0.2) is 13.1 Å². The van der Waals surface area contributed by atoms with Gasteiger partial charge in [-0.15, -0.1) is 0 Å². The number of carbonyl (C=O) groups is 1. The Morgan fingerprint density at radius 2 is 1.60 bits per heavy atom. The van der Waals surface area contributed by atoms with E-state index in [1.165, 1.54) is 19.2 Å². The Morgan fingerprint density at radius 1 is 0.920 bits per heavy atom. The zero-order valence-electron chi connectivity index (χ0n) is 13.7. The zero-order chi connectivity index (χ0) is 17.6. The van der Waals surface area contributed by atoms with Crippen LogP contribution in [0.3, 0.4) is 0 Å². The number of benzene rings is 3. The fraction of sp³-hybridized carbons (Fsp3) is 0.0952. The van der Waals surface area contributed by atoms with Gasteiger partial charge >= 0.3 is 5.97 Å². The Morgan fingerprint density at radius 3 is 2.24 bits per heavy atom. The fourth-order valence-corrected chi connectivity index (χ4v) is 2.44. The Labute approximate surface area is 145 Å². The molecule has 0 aliphatic rings. The third kappa shape index (κ3) is 4.04. The van der Waals surface area contributed by atoms with Crippen molar-refractivity contribution in [2.45, 2.75) is 6.61 Å². The molecule has 0 aromatic heterocycles. The monoisotopic (exact) mass is 336 g/mol. The lowest BCUT2D eigenvalue weighted by molar-refractivity contribution is 0.0467. The van der Waals surface area contributed by atoms with Crippen LogP contribution in [0.15, 0.2) is 72.8 Å². The molecule has 126 valence electrons. The molecular formula is C21H17FO3. The second kappa shape index (κ2) is 7.62. The molecule has 0 aliphatic heterocycles. The van der Waals surface area contributed by atoms with Gasteiger partial charge in [-0.05, 0) is 28.8 Å². The molecule has 3 aromatic carbocycles. The zero-order valence-corrected chi connectivity index (χ0v) is 13.7. The molecule has 0 fully saturated rings. The van der Waals surface area contributed by atoms with Gasteiger partial charge in [-0.2, -0.15) is 0 Å². The fourth-order valence-electron chi connectivity index (χ4n) is 2.44. The van der Waals surface area contributed by atoms with Crippen molar-refractivity contribution in [3.05, 3.63) is 89.7 Å². The first-order valence-corrected chi connectivity index (χ1v) is 7.82. The van der Waals surface area contributed by atoms with Crippen LogP contribution in [0.5, 0.6) is 5.75 Å². The molecule has 0 N–H and O–H groups in total.